The van der Waals surface area contributed by atoms with Crippen molar-refractivity contribution < 1.29 is 37.6 Å². The standard InChI is InChI=1S/C47H94NO8P/c1-5-7-9-11-13-15-17-19-20-21-22-23-24-25-26-28-29-31-33-35-37-39-46(49)53-43-45(44-55-57(51,52)54-42-41-48(3)4)56-47(50)40-38-36-34-32-30-27-18-16-14-12-10-8-6-2/h45H,5-44H2,1-4H3,(H,51,52). The van der Waals surface area contributed by atoms with Gasteiger partial charge in [0.1, 0.15) is 6.61 Å². The van der Waals surface area contributed by atoms with Crippen LogP contribution in [0.1, 0.15) is 245 Å². The fraction of sp³-hybridized carbons (Fsp3) is 0.957. The lowest BCUT2D eigenvalue weighted by molar-refractivity contribution is -0.161. The van der Waals surface area contributed by atoms with Crippen LogP contribution in [0.3, 0.4) is 0 Å². The van der Waals surface area contributed by atoms with Crippen molar-refractivity contribution >= 4 is 19.8 Å². The highest BCUT2D eigenvalue weighted by Gasteiger charge is 2.26. The molecule has 0 aromatic rings. The van der Waals surface area contributed by atoms with E-state index in [1.807, 2.05) is 19.0 Å². The van der Waals surface area contributed by atoms with E-state index in [9.17, 15) is 19.0 Å². The lowest BCUT2D eigenvalue weighted by atomic mass is 10.0. The van der Waals surface area contributed by atoms with E-state index in [2.05, 4.69) is 13.8 Å². The van der Waals surface area contributed by atoms with Gasteiger partial charge in [0.25, 0.3) is 0 Å². The Hall–Kier alpha value is -0.990. The van der Waals surface area contributed by atoms with E-state index < -0.39 is 26.5 Å². The van der Waals surface area contributed by atoms with Gasteiger partial charge in [-0.2, -0.15) is 0 Å². The monoisotopic (exact) mass is 832 g/mol. The minimum absolute atomic E-state index is 0.0127. The largest absolute Gasteiger partial charge is 0.472 e. The molecule has 0 aromatic heterocycles. The van der Waals surface area contributed by atoms with Crippen LogP contribution < -0.4 is 0 Å². The molecule has 0 radical (unpaired) electrons. The van der Waals surface area contributed by atoms with Gasteiger partial charge in [-0.1, -0.05) is 219 Å². The van der Waals surface area contributed by atoms with Gasteiger partial charge in [0.15, 0.2) is 6.10 Å². The summed E-state index contributed by atoms with van der Waals surface area (Å²) in [4.78, 5) is 37.1. The number of esters is 2. The minimum Gasteiger partial charge on any atom is -0.462 e. The maximum atomic E-state index is 12.7. The summed E-state index contributed by atoms with van der Waals surface area (Å²) in [6.45, 7) is 4.37. The Bertz CT molecular complexity index is 920. The van der Waals surface area contributed by atoms with Gasteiger partial charge in [0, 0.05) is 19.4 Å². The van der Waals surface area contributed by atoms with Crippen molar-refractivity contribution in [2.45, 2.75) is 251 Å². The molecule has 2 atom stereocenters. The van der Waals surface area contributed by atoms with Crippen molar-refractivity contribution in [3.05, 3.63) is 0 Å². The van der Waals surface area contributed by atoms with Gasteiger partial charge < -0.3 is 19.3 Å². The molecule has 9 nitrogen and oxygen atoms in total. The Morgan fingerprint density at radius 1 is 0.474 bits per heavy atom. The zero-order valence-electron chi connectivity index (χ0n) is 38.1. The molecule has 10 heteroatoms. The highest BCUT2D eigenvalue weighted by molar-refractivity contribution is 7.47. The number of phosphoric acid groups is 1. The van der Waals surface area contributed by atoms with Crippen LogP contribution in [0.4, 0.5) is 0 Å². The molecule has 1 N–H and O–H groups in total. The molecule has 0 heterocycles. The summed E-state index contributed by atoms with van der Waals surface area (Å²) in [6, 6.07) is 0. The summed E-state index contributed by atoms with van der Waals surface area (Å²) in [5.74, 6) is -0.784. The lowest BCUT2D eigenvalue weighted by Crippen LogP contribution is -2.29. The summed E-state index contributed by atoms with van der Waals surface area (Å²) in [7, 11) is -0.696. The molecule has 0 aliphatic heterocycles. The molecule has 0 fully saturated rings. The van der Waals surface area contributed by atoms with Gasteiger partial charge in [-0.15, -0.1) is 0 Å². The van der Waals surface area contributed by atoms with Gasteiger partial charge in [0.2, 0.25) is 0 Å². The molecule has 340 valence electrons. The summed E-state index contributed by atoms with van der Waals surface area (Å²) in [5.41, 5.74) is 0. The molecular formula is C47H94NO8P. The average Bonchev–Trinajstić information content (AvgIpc) is 3.18. The third-order valence-corrected chi connectivity index (χ3v) is 11.9. The first-order valence-electron chi connectivity index (χ1n) is 24.3. The number of ether oxygens (including phenoxy) is 2. The molecule has 0 bridgehead atoms. The molecule has 2 unspecified atom stereocenters. The molecule has 0 aromatic carbocycles. The molecule has 0 rings (SSSR count). The highest BCUT2D eigenvalue weighted by Crippen LogP contribution is 2.43. The zero-order valence-corrected chi connectivity index (χ0v) is 39.0. The maximum absolute atomic E-state index is 12.7. The van der Waals surface area contributed by atoms with Crippen molar-refractivity contribution in [3.63, 3.8) is 0 Å². The van der Waals surface area contributed by atoms with E-state index in [0.29, 0.717) is 13.0 Å². The SMILES string of the molecule is CCCCCCCCCCCCCCCCCCCCCCCC(=O)OCC(COP(=O)(O)OCCN(C)C)OC(=O)CCCCCCCCCCCCCCC. The van der Waals surface area contributed by atoms with Gasteiger partial charge in [0.05, 0.1) is 13.2 Å². The summed E-state index contributed by atoms with van der Waals surface area (Å²) >= 11 is 0. The molecular weight excluding hydrogens is 737 g/mol. The molecule has 0 spiro atoms. The molecule has 0 aliphatic carbocycles. The van der Waals surface area contributed by atoms with Crippen LogP contribution in [-0.2, 0) is 32.7 Å². The number of carbonyl (C=O) groups excluding carboxylic acids is 2. The van der Waals surface area contributed by atoms with Crippen molar-refractivity contribution in [3.8, 4) is 0 Å². The number of hydrogen-bond donors (Lipinski definition) is 1. The summed E-state index contributed by atoms with van der Waals surface area (Å²) < 4.78 is 33.5. The minimum atomic E-state index is -4.35. The number of likely N-dealkylation sites (N-methyl/N-ethyl adjacent to an activating group) is 1. The highest BCUT2D eigenvalue weighted by atomic mass is 31.2. The zero-order chi connectivity index (χ0) is 41.9. The van der Waals surface area contributed by atoms with E-state index in [4.69, 9.17) is 18.5 Å². The van der Waals surface area contributed by atoms with Crippen LogP contribution >= 0.6 is 7.82 Å². The van der Waals surface area contributed by atoms with Crippen molar-refractivity contribution in [2.24, 2.45) is 0 Å². The first-order chi connectivity index (χ1) is 27.7. The number of rotatable bonds is 46. The first-order valence-corrected chi connectivity index (χ1v) is 25.8. The number of hydrogen-bond acceptors (Lipinski definition) is 8. The van der Waals surface area contributed by atoms with Crippen molar-refractivity contribution in [1.82, 2.24) is 4.90 Å². The van der Waals surface area contributed by atoms with E-state index in [1.54, 1.807) is 0 Å². The van der Waals surface area contributed by atoms with Gasteiger partial charge >= 0.3 is 19.8 Å². The molecule has 0 saturated carbocycles. The molecule has 0 saturated heterocycles. The maximum Gasteiger partial charge on any atom is 0.472 e. The van der Waals surface area contributed by atoms with E-state index in [1.165, 1.54) is 180 Å². The Kier molecular flexibility index (Phi) is 42.4. The summed E-state index contributed by atoms with van der Waals surface area (Å²) in [6.07, 6.45) is 42.9. The quantitative estimate of drug-likeness (QED) is 0.0364. The van der Waals surface area contributed by atoms with Crippen LogP contribution in [0.2, 0.25) is 0 Å². The number of nitrogens with zero attached hydrogens (tertiary/aromatic N) is 1. The lowest BCUT2D eigenvalue weighted by Gasteiger charge is -2.20. The fourth-order valence-electron chi connectivity index (χ4n) is 7.16. The van der Waals surface area contributed by atoms with Crippen molar-refractivity contribution in [2.75, 3.05) is 40.5 Å². The van der Waals surface area contributed by atoms with E-state index >= 15 is 0 Å². The molecule has 57 heavy (non-hydrogen) atoms. The fourth-order valence-corrected chi connectivity index (χ4v) is 7.90. The van der Waals surface area contributed by atoms with Gasteiger partial charge in [-0.05, 0) is 26.9 Å². The number of phosphoric ester groups is 1. The third-order valence-electron chi connectivity index (χ3n) is 10.9. The Morgan fingerprint density at radius 2 is 0.789 bits per heavy atom. The van der Waals surface area contributed by atoms with Crippen LogP contribution in [0.5, 0.6) is 0 Å². The van der Waals surface area contributed by atoms with Crippen LogP contribution in [0, 0.1) is 0 Å². The predicted octanol–water partition coefficient (Wildman–Crippen LogP) is 14.2. The van der Waals surface area contributed by atoms with Crippen LogP contribution in [0.25, 0.3) is 0 Å². The predicted molar refractivity (Wildman–Crippen MR) is 239 cm³/mol. The van der Waals surface area contributed by atoms with Crippen LogP contribution in [0.15, 0.2) is 0 Å². The second-order valence-corrected chi connectivity index (χ2v) is 18.5. The number of carbonyl (C=O) groups is 2. The Labute approximate surface area is 352 Å². The Balaban J connectivity index is 4.11. The van der Waals surface area contributed by atoms with E-state index in [-0.39, 0.29) is 25.6 Å². The average molecular weight is 832 g/mol. The molecule has 0 amide bonds. The smallest absolute Gasteiger partial charge is 0.462 e. The van der Waals surface area contributed by atoms with Gasteiger partial charge in [-0.25, -0.2) is 4.57 Å². The van der Waals surface area contributed by atoms with E-state index in [0.717, 1.165) is 38.5 Å². The molecule has 0 aliphatic rings. The second-order valence-electron chi connectivity index (χ2n) is 17.0. The van der Waals surface area contributed by atoms with Crippen molar-refractivity contribution in [1.29, 1.82) is 0 Å². The topological polar surface area (TPSA) is 112 Å². The summed E-state index contributed by atoms with van der Waals surface area (Å²) in [5, 5.41) is 0. The Morgan fingerprint density at radius 3 is 1.12 bits per heavy atom. The number of unbranched alkanes of at least 4 members (excludes halogenated alkanes) is 32. The third kappa shape index (κ3) is 44.4. The first kappa shape index (κ1) is 56.0. The van der Waals surface area contributed by atoms with Gasteiger partial charge in [-0.3, -0.25) is 18.6 Å². The normalized spacial score (nSPS) is 13.2. The second kappa shape index (κ2) is 43.1. The van der Waals surface area contributed by atoms with Crippen LogP contribution in [-0.4, -0.2) is 68.3 Å².